The van der Waals surface area contributed by atoms with Crippen LogP contribution in [0.15, 0.2) is 23.1 Å². The van der Waals surface area contributed by atoms with Crippen molar-refractivity contribution in [2.75, 3.05) is 5.73 Å². The van der Waals surface area contributed by atoms with Crippen molar-refractivity contribution >= 4 is 17.4 Å². The highest BCUT2D eigenvalue weighted by molar-refractivity contribution is 7.99. The number of thioether (sulfide) groups is 1. The molecule has 1 atom stereocenters. The monoisotopic (exact) mass is 393 g/mol. The largest absolute Gasteiger partial charge is 0.457 e. The Balaban J connectivity index is 3.66. The lowest BCUT2D eigenvalue weighted by molar-refractivity contribution is -0.389. The van der Waals surface area contributed by atoms with E-state index < -0.39 is 57.6 Å². The number of rotatable bonds is 4. The van der Waals surface area contributed by atoms with Crippen LogP contribution in [0.3, 0.4) is 0 Å². The number of halogens is 11. The topological polar surface area (TPSA) is 26.0 Å². The third-order valence-electron chi connectivity index (χ3n) is 2.81. The average Bonchev–Trinajstić information content (AvgIpc) is 2.37. The normalized spacial score (nSPS) is 16.3. The van der Waals surface area contributed by atoms with Gasteiger partial charge in [-0.05, 0) is 12.1 Å². The minimum atomic E-state index is -6.89. The fourth-order valence-electron chi connectivity index (χ4n) is 1.66. The molecule has 0 aliphatic carbocycles. The Bertz CT molecular complexity index is 595. The van der Waals surface area contributed by atoms with Crippen LogP contribution in [0.4, 0.5) is 54.0 Å². The number of nitrogen functional groups attached to an aromatic ring is 1. The summed E-state index contributed by atoms with van der Waals surface area (Å²) in [4.78, 5) is -0.980. The SMILES string of the molecule is Nc1ccc(C(F)(C(F)(F)F)C(F)(F)C(F)(F)F)cc1SC(F)F. The number of alkyl halides is 11. The van der Waals surface area contributed by atoms with Crippen molar-refractivity contribution in [3.05, 3.63) is 23.8 Å². The van der Waals surface area contributed by atoms with E-state index in [4.69, 9.17) is 5.73 Å². The quantitative estimate of drug-likeness (QED) is 0.415. The van der Waals surface area contributed by atoms with Crippen LogP contribution in [0.25, 0.3) is 0 Å². The van der Waals surface area contributed by atoms with Gasteiger partial charge in [-0.1, -0.05) is 17.8 Å². The van der Waals surface area contributed by atoms with Crippen LogP contribution in [0.5, 0.6) is 0 Å². The average molecular weight is 393 g/mol. The van der Waals surface area contributed by atoms with Crippen molar-refractivity contribution in [3.8, 4) is 0 Å². The number of benzene rings is 1. The Hall–Kier alpha value is -1.40. The Morgan fingerprint density at radius 3 is 1.71 bits per heavy atom. The van der Waals surface area contributed by atoms with E-state index in [2.05, 4.69) is 0 Å². The maximum absolute atomic E-state index is 14.1. The number of hydrogen-bond acceptors (Lipinski definition) is 2. The summed E-state index contributed by atoms with van der Waals surface area (Å²) in [5.74, 6) is -10.2. The molecule has 0 amide bonds. The predicted molar refractivity (Wildman–Crippen MR) is 62.6 cm³/mol. The van der Waals surface area contributed by atoms with Gasteiger partial charge in [-0.25, -0.2) is 4.39 Å². The van der Waals surface area contributed by atoms with Crippen LogP contribution in [0.2, 0.25) is 0 Å². The third-order valence-corrected chi connectivity index (χ3v) is 3.59. The molecule has 0 aromatic heterocycles. The zero-order valence-corrected chi connectivity index (χ0v) is 11.8. The molecular weight excluding hydrogens is 387 g/mol. The van der Waals surface area contributed by atoms with E-state index in [1.807, 2.05) is 0 Å². The molecule has 0 fully saturated rings. The van der Waals surface area contributed by atoms with Crippen molar-refractivity contribution in [1.29, 1.82) is 0 Å². The summed E-state index contributed by atoms with van der Waals surface area (Å²) in [6, 6.07) is 0.0455. The van der Waals surface area contributed by atoms with Gasteiger partial charge in [0, 0.05) is 16.1 Å². The van der Waals surface area contributed by atoms with E-state index in [-0.39, 0.29) is 12.1 Å². The second-order valence-electron chi connectivity index (χ2n) is 4.36. The first-order valence-electron chi connectivity index (χ1n) is 5.60. The molecule has 1 aromatic carbocycles. The van der Waals surface area contributed by atoms with Gasteiger partial charge in [0.05, 0.1) is 0 Å². The maximum Gasteiger partial charge on any atom is 0.457 e. The number of anilines is 1. The molecule has 24 heavy (non-hydrogen) atoms. The molecule has 0 saturated carbocycles. The molecule has 1 unspecified atom stereocenters. The zero-order chi connectivity index (χ0) is 19.1. The van der Waals surface area contributed by atoms with E-state index >= 15 is 0 Å². The van der Waals surface area contributed by atoms with Gasteiger partial charge in [0.25, 0.3) is 5.76 Å². The molecule has 1 rings (SSSR count). The molecule has 138 valence electrons. The van der Waals surface area contributed by atoms with Crippen molar-refractivity contribution in [3.63, 3.8) is 0 Å². The summed E-state index contributed by atoms with van der Waals surface area (Å²) in [5.41, 5.74) is -3.92. The van der Waals surface area contributed by atoms with E-state index in [0.717, 1.165) is 0 Å². The van der Waals surface area contributed by atoms with Gasteiger partial charge in [0.15, 0.2) is 0 Å². The van der Waals surface area contributed by atoms with E-state index in [0.29, 0.717) is 6.07 Å². The Kier molecular flexibility index (Phi) is 5.29. The van der Waals surface area contributed by atoms with Crippen molar-refractivity contribution in [2.45, 2.75) is 34.6 Å². The fraction of sp³-hybridized carbons (Fsp3) is 0.455. The lowest BCUT2D eigenvalue weighted by atomic mass is 9.87. The van der Waals surface area contributed by atoms with Gasteiger partial charge >= 0.3 is 23.9 Å². The van der Waals surface area contributed by atoms with Gasteiger partial charge in [-0.15, -0.1) is 0 Å². The lowest BCUT2D eigenvalue weighted by Gasteiger charge is -2.36. The summed E-state index contributed by atoms with van der Waals surface area (Å²) >= 11 is -0.534. The molecule has 2 N–H and O–H groups in total. The van der Waals surface area contributed by atoms with Gasteiger partial charge in [0.1, 0.15) is 0 Å². The fourth-order valence-corrected chi connectivity index (χ4v) is 2.26. The lowest BCUT2D eigenvalue weighted by Crippen LogP contribution is -2.59. The molecule has 0 radical (unpaired) electrons. The van der Waals surface area contributed by atoms with Crippen LogP contribution in [-0.2, 0) is 5.67 Å². The summed E-state index contributed by atoms with van der Waals surface area (Å²) < 4.78 is 140. The molecule has 13 heteroatoms. The van der Waals surface area contributed by atoms with Crippen LogP contribution in [0, 0.1) is 0 Å². The zero-order valence-electron chi connectivity index (χ0n) is 11.0. The van der Waals surface area contributed by atoms with Crippen LogP contribution in [-0.4, -0.2) is 24.0 Å². The molecule has 0 aliphatic heterocycles. The minimum Gasteiger partial charge on any atom is -0.398 e. The minimum absolute atomic E-state index is 0.0714. The van der Waals surface area contributed by atoms with Crippen LogP contribution < -0.4 is 5.73 Å². The second kappa shape index (κ2) is 6.15. The molecular formula is C11H6F11NS. The molecule has 0 saturated heterocycles. The van der Waals surface area contributed by atoms with Crippen LogP contribution >= 0.6 is 11.8 Å². The van der Waals surface area contributed by atoms with Gasteiger partial charge < -0.3 is 5.73 Å². The van der Waals surface area contributed by atoms with E-state index in [1.165, 1.54) is 0 Å². The molecule has 0 aliphatic rings. The molecule has 1 nitrogen and oxygen atoms in total. The molecule has 0 spiro atoms. The summed E-state index contributed by atoms with van der Waals surface area (Å²) in [6.07, 6.45) is -13.6. The number of hydrogen-bond donors (Lipinski definition) is 1. The van der Waals surface area contributed by atoms with Crippen molar-refractivity contribution in [2.24, 2.45) is 0 Å². The molecule has 0 bridgehead atoms. The Labute approximate surface area is 131 Å². The van der Waals surface area contributed by atoms with E-state index in [1.54, 1.807) is 0 Å². The predicted octanol–water partition coefficient (Wildman–Crippen LogP) is 5.51. The highest BCUT2D eigenvalue weighted by Crippen LogP contribution is 2.58. The van der Waals surface area contributed by atoms with E-state index in [9.17, 15) is 48.3 Å². The summed E-state index contributed by atoms with van der Waals surface area (Å²) in [6.45, 7) is 0. The first-order valence-corrected chi connectivity index (χ1v) is 6.48. The Morgan fingerprint density at radius 2 is 1.33 bits per heavy atom. The Morgan fingerprint density at radius 1 is 0.833 bits per heavy atom. The van der Waals surface area contributed by atoms with Crippen molar-refractivity contribution in [1.82, 2.24) is 0 Å². The standard InChI is InChI=1S/C11H6F11NS/c12-7(13)24-6-3-4(1-2-5(6)23)8(14,10(17,18)19)9(15,16)11(20,21)22/h1-3,7H,23H2. The first kappa shape index (κ1) is 20.6. The van der Waals surface area contributed by atoms with Gasteiger partial charge in [0.2, 0.25) is 0 Å². The highest BCUT2D eigenvalue weighted by Gasteiger charge is 2.81. The first-order chi connectivity index (χ1) is 10.6. The molecule has 1 aromatic rings. The highest BCUT2D eigenvalue weighted by atomic mass is 32.2. The summed E-state index contributed by atoms with van der Waals surface area (Å²) in [5, 5.41) is 0. The maximum atomic E-state index is 14.1. The van der Waals surface area contributed by atoms with Crippen molar-refractivity contribution < 1.29 is 48.3 Å². The van der Waals surface area contributed by atoms with Gasteiger partial charge in [-0.2, -0.15) is 43.9 Å². The summed E-state index contributed by atoms with van der Waals surface area (Å²) in [7, 11) is 0. The van der Waals surface area contributed by atoms with Crippen LogP contribution in [0.1, 0.15) is 5.56 Å². The molecule has 0 heterocycles. The van der Waals surface area contributed by atoms with Gasteiger partial charge in [-0.3, -0.25) is 0 Å². The number of nitrogens with two attached hydrogens (primary N) is 1. The smallest absolute Gasteiger partial charge is 0.398 e. The second-order valence-corrected chi connectivity index (χ2v) is 5.39. The third kappa shape index (κ3) is 3.35.